The molecule has 0 N–H and O–H groups in total. The average molecular weight is 1100 g/mol. The average Bonchev–Trinajstić information content (AvgIpc) is 2.13. The second kappa shape index (κ2) is 18.9. The number of hydrogen-bond acceptors (Lipinski definition) is 3. The Morgan fingerprint density at radius 3 is 1.52 bits per heavy atom. The Hall–Kier alpha value is -11.7. The molecule has 0 aliphatic carbocycles. The van der Waals surface area contributed by atoms with E-state index in [1.165, 1.54) is 21.5 Å². The van der Waals surface area contributed by atoms with Gasteiger partial charge in [-0.3, -0.25) is 13.7 Å². The number of ether oxygens (including phenoxy) is 1. The third-order valence-corrected chi connectivity index (χ3v) is 17.2. The van der Waals surface area contributed by atoms with Crippen molar-refractivity contribution in [1.82, 2.24) is 23.3 Å². The van der Waals surface area contributed by atoms with Gasteiger partial charge in [0.15, 0.2) is 0 Å². The first kappa shape index (κ1) is 47.9. The third-order valence-electron chi connectivity index (χ3n) is 17.2. The largest absolute Gasteiger partial charge is 0.458 e. The highest BCUT2D eigenvalue weighted by molar-refractivity contribution is 6.13. The molecular weight excluding hydrogens is 1050 g/mol. The van der Waals surface area contributed by atoms with E-state index in [1.54, 1.807) is 0 Å². The van der Waals surface area contributed by atoms with Crippen LogP contribution in [-0.2, 0) is 0 Å². The van der Waals surface area contributed by atoms with E-state index >= 15 is 0 Å². The van der Waals surface area contributed by atoms with Crippen LogP contribution in [0.5, 0.6) is 11.5 Å². The van der Waals surface area contributed by atoms with Crippen LogP contribution in [0.1, 0.15) is 0 Å². The van der Waals surface area contributed by atoms with Crippen molar-refractivity contribution in [3.05, 3.63) is 298 Å². The lowest BCUT2D eigenvalue weighted by Crippen LogP contribution is -2.30. The zero-order valence-electron chi connectivity index (χ0n) is 46.2. The van der Waals surface area contributed by atoms with E-state index in [4.69, 9.17) is 14.1 Å². The highest BCUT2D eigenvalue weighted by Crippen LogP contribution is 2.42. The predicted octanol–water partition coefficient (Wildman–Crippen LogP) is 19.4. The van der Waals surface area contributed by atoms with Gasteiger partial charge in [-0.2, -0.15) is 0 Å². The third kappa shape index (κ3) is 7.36. The lowest BCUT2D eigenvalue weighted by molar-refractivity contribution is -0.570. The molecular formula is C78H48N6O2. The quantitative estimate of drug-likeness (QED) is 0.107. The topological polar surface area (TPSA) is 58.9 Å². The maximum absolute atomic E-state index is 6.89. The van der Waals surface area contributed by atoms with Gasteiger partial charge in [0, 0.05) is 72.3 Å². The first-order valence-electron chi connectivity index (χ1n) is 29.0. The molecule has 12 aromatic carbocycles. The van der Waals surface area contributed by atoms with Gasteiger partial charge in [-0.25, -0.2) is 4.98 Å². The van der Waals surface area contributed by atoms with E-state index in [0.717, 1.165) is 128 Å². The summed E-state index contributed by atoms with van der Waals surface area (Å²) in [6.07, 6.45) is 5.84. The van der Waals surface area contributed by atoms with Gasteiger partial charge in [-0.05, 0) is 120 Å². The van der Waals surface area contributed by atoms with E-state index in [9.17, 15) is 0 Å². The maximum Gasteiger partial charge on any atom is 0.269 e. The smallest absolute Gasteiger partial charge is 0.269 e. The Morgan fingerprint density at radius 1 is 0.349 bits per heavy atom. The second-order valence-electron chi connectivity index (χ2n) is 22.1. The predicted molar refractivity (Wildman–Crippen MR) is 349 cm³/mol. The molecule has 0 atom stereocenters. The lowest BCUT2D eigenvalue weighted by Gasteiger charge is -2.16. The monoisotopic (exact) mass is 1100 g/mol. The standard InChI is InChI=1S/C78H48N6O2/c1-2-19-50(20-3-1)58-40-41-75-77(65-28-9-17-36-74(65)86-75)78(58)81-49-80(71-34-15-16-35-72(71)81)53-21-18-22-56(46-53)85-57-38-39-64-63-27-8-14-33-70(63)84(73(64)47-57)76-42-37-51(48-79-76)52-43-54(82-66-29-10-4-23-59(66)60-24-5-11-30-67(60)82)45-55(44-52)83-68-31-12-6-25-61(68)62-26-7-13-32-69(62)83/h1-48H. The van der Waals surface area contributed by atoms with Gasteiger partial charge in [-0.15, -0.1) is 0 Å². The molecule has 0 spiro atoms. The minimum Gasteiger partial charge on any atom is -0.458 e. The molecule has 6 aromatic heterocycles. The molecule has 8 heteroatoms. The lowest BCUT2D eigenvalue weighted by atomic mass is 9.99. The molecule has 18 rings (SSSR count). The van der Waals surface area contributed by atoms with Gasteiger partial charge in [-0.1, -0.05) is 176 Å². The van der Waals surface area contributed by atoms with Crippen LogP contribution in [0.3, 0.4) is 0 Å². The molecule has 0 saturated carbocycles. The molecule has 0 radical (unpaired) electrons. The Kier molecular flexibility index (Phi) is 10.5. The Balaban J connectivity index is 0.740. The number of nitrogens with zero attached hydrogens (tertiary/aromatic N) is 6. The van der Waals surface area contributed by atoms with E-state index in [1.807, 2.05) is 30.5 Å². The fourth-order valence-electron chi connectivity index (χ4n) is 13.5. The molecule has 8 nitrogen and oxygen atoms in total. The normalized spacial score (nSPS) is 12.0. The Morgan fingerprint density at radius 2 is 0.895 bits per heavy atom. The molecule has 86 heavy (non-hydrogen) atoms. The fraction of sp³-hybridized carbons (Fsp3) is 0. The minimum absolute atomic E-state index is 0.695. The number of fused-ring (bicyclic) bond motifs is 13. The number of benzene rings is 12. The molecule has 0 amide bonds. The zero-order chi connectivity index (χ0) is 56.4. The molecule has 18 aromatic rings. The minimum atomic E-state index is 0.695. The number of pyridine rings is 1. The molecule has 0 aliphatic rings. The fourth-order valence-corrected chi connectivity index (χ4v) is 13.5. The number of hydrogen-bond donors (Lipinski definition) is 0. The number of aromatic nitrogens is 6. The van der Waals surface area contributed by atoms with Gasteiger partial charge >= 0.3 is 0 Å². The van der Waals surface area contributed by atoms with E-state index in [0.29, 0.717) is 11.5 Å². The summed E-state index contributed by atoms with van der Waals surface area (Å²) in [4.78, 5) is 5.34. The van der Waals surface area contributed by atoms with E-state index < -0.39 is 0 Å². The van der Waals surface area contributed by atoms with Crippen molar-refractivity contribution in [1.29, 1.82) is 0 Å². The summed E-state index contributed by atoms with van der Waals surface area (Å²) in [5.74, 6) is 2.20. The summed E-state index contributed by atoms with van der Waals surface area (Å²) in [5, 5.41) is 9.20. The first-order chi connectivity index (χ1) is 42.6. The van der Waals surface area contributed by atoms with Crippen LogP contribution in [0.15, 0.2) is 296 Å². The molecule has 0 saturated heterocycles. The summed E-state index contributed by atoms with van der Waals surface area (Å²) in [5.41, 5.74) is 18.6. The second-order valence-corrected chi connectivity index (χ2v) is 22.1. The molecule has 0 fully saturated rings. The maximum atomic E-state index is 6.89. The van der Waals surface area contributed by atoms with E-state index in [2.05, 4.69) is 290 Å². The van der Waals surface area contributed by atoms with Gasteiger partial charge < -0.3 is 18.3 Å². The van der Waals surface area contributed by atoms with Crippen molar-refractivity contribution in [2.45, 2.75) is 0 Å². The molecule has 0 unspecified atom stereocenters. The number of furan rings is 1. The van der Waals surface area contributed by atoms with E-state index in [-0.39, 0.29) is 0 Å². The highest BCUT2D eigenvalue weighted by atomic mass is 16.5. The van der Waals surface area contributed by atoms with Crippen molar-refractivity contribution in [3.63, 3.8) is 0 Å². The van der Waals surface area contributed by atoms with Crippen LogP contribution in [0.4, 0.5) is 0 Å². The highest BCUT2D eigenvalue weighted by Gasteiger charge is 2.23. The first-order valence-corrected chi connectivity index (χ1v) is 29.0. The molecule has 402 valence electrons. The number of imidazole rings is 1. The van der Waals surface area contributed by atoms with Gasteiger partial charge in [0.05, 0.1) is 55.5 Å². The Bertz CT molecular complexity index is 5520. The van der Waals surface area contributed by atoms with Crippen molar-refractivity contribution in [2.75, 3.05) is 0 Å². The summed E-state index contributed by atoms with van der Waals surface area (Å²) < 4.78 is 24.8. The van der Waals surface area contributed by atoms with Crippen molar-refractivity contribution in [2.24, 2.45) is 0 Å². The summed E-state index contributed by atoms with van der Waals surface area (Å²) >= 11 is 0. The van der Waals surface area contributed by atoms with Gasteiger partial charge in [0.2, 0.25) is 0 Å². The summed E-state index contributed by atoms with van der Waals surface area (Å²) in [7, 11) is 0. The summed E-state index contributed by atoms with van der Waals surface area (Å²) in [6, 6.07) is 101. The van der Waals surface area contributed by atoms with Crippen LogP contribution < -0.4 is 9.30 Å². The van der Waals surface area contributed by atoms with Crippen LogP contribution in [0, 0.1) is 6.33 Å². The number of rotatable bonds is 9. The van der Waals surface area contributed by atoms with Crippen LogP contribution in [0.25, 0.3) is 149 Å². The molecule has 6 heterocycles. The van der Waals surface area contributed by atoms with Crippen molar-refractivity contribution < 1.29 is 13.7 Å². The Labute approximate surface area is 492 Å². The SMILES string of the molecule is [c-]1n(-c2cccc(Oc3ccc4c5ccccc5n(-c5ccc(-c6cc(-n7c8ccccc8c8ccccc87)cc(-n7c8ccccc8c8ccccc87)c6)cn5)c4c3)c2)c2ccccc2[n+]1-c1c(-c2ccccc2)ccc2oc3ccccc3c12. The molecule has 0 aliphatic heterocycles. The van der Waals surface area contributed by atoms with Crippen LogP contribution >= 0.6 is 0 Å². The van der Waals surface area contributed by atoms with Gasteiger partial charge in [0.1, 0.15) is 28.5 Å². The van der Waals surface area contributed by atoms with Crippen molar-refractivity contribution in [3.8, 4) is 62.3 Å². The summed E-state index contributed by atoms with van der Waals surface area (Å²) in [6.45, 7) is 0. The van der Waals surface area contributed by atoms with Crippen molar-refractivity contribution >= 4 is 98.4 Å². The van der Waals surface area contributed by atoms with Crippen LogP contribution in [0.2, 0.25) is 0 Å². The zero-order valence-corrected chi connectivity index (χ0v) is 46.2. The van der Waals surface area contributed by atoms with Gasteiger partial charge in [0.25, 0.3) is 6.33 Å². The van der Waals surface area contributed by atoms with Crippen LogP contribution in [-0.4, -0.2) is 23.3 Å². The number of para-hydroxylation sites is 8. The molecule has 0 bridgehead atoms.